The van der Waals surface area contributed by atoms with E-state index in [1.165, 1.54) is 0 Å². The van der Waals surface area contributed by atoms with Crippen LogP contribution < -0.4 is 0 Å². The van der Waals surface area contributed by atoms with Gasteiger partial charge in [-0.1, -0.05) is 17.7 Å². The molecule has 0 aliphatic heterocycles. The zero-order valence-corrected chi connectivity index (χ0v) is 9.88. The van der Waals surface area contributed by atoms with E-state index in [2.05, 4.69) is 15.9 Å². The highest BCUT2D eigenvalue weighted by molar-refractivity contribution is 9.10. The molecule has 0 N–H and O–H groups in total. The molecule has 0 aliphatic carbocycles. The third-order valence-corrected chi connectivity index (χ3v) is 2.93. The van der Waals surface area contributed by atoms with Gasteiger partial charge in [0.2, 0.25) is 0 Å². The molecule has 0 unspecified atom stereocenters. The van der Waals surface area contributed by atoms with Crippen LogP contribution in [0.2, 0.25) is 5.02 Å². The molecule has 1 heterocycles. The van der Waals surface area contributed by atoms with Gasteiger partial charge in [-0.05, 0) is 34.1 Å². The topological polar surface area (TPSA) is 30.2 Å². The summed E-state index contributed by atoms with van der Waals surface area (Å²) in [5.41, 5.74) is 1.31. The van der Waals surface area contributed by atoms with Gasteiger partial charge in [-0.25, -0.2) is 0 Å². The average molecular weight is 286 g/mol. The van der Waals surface area contributed by atoms with Crippen LogP contribution in [0.1, 0.15) is 10.4 Å². The van der Waals surface area contributed by atoms with E-state index in [1.807, 2.05) is 0 Å². The summed E-state index contributed by atoms with van der Waals surface area (Å²) in [6, 6.07) is 6.86. The van der Waals surface area contributed by atoms with E-state index in [-0.39, 0.29) is 0 Å². The SMILES string of the molecule is O=Cc1ccc(-c2occc2Br)c(Cl)c1. The maximum Gasteiger partial charge on any atom is 0.150 e. The van der Waals surface area contributed by atoms with Gasteiger partial charge in [0.1, 0.15) is 12.0 Å². The number of rotatable bonds is 2. The Morgan fingerprint density at radius 1 is 1.33 bits per heavy atom. The Kier molecular flexibility index (Phi) is 2.93. The van der Waals surface area contributed by atoms with Crippen LogP contribution in [-0.4, -0.2) is 6.29 Å². The summed E-state index contributed by atoms with van der Waals surface area (Å²) in [7, 11) is 0. The molecule has 2 aromatic rings. The van der Waals surface area contributed by atoms with Crippen molar-refractivity contribution in [2.45, 2.75) is 0 Å². The summed E-state index contributed by atoms with van der Waals surface area (Å²) in [5, 5.41) is 0.496. The van der Waals surface area contributed by atoms with Crippen LogP contribution in [0.25, 0.3) is 11.3 Å². The van der Waals surface area contributed by atoms with Crippen molar-refractivity contribution in [2.24, 2.45) is 0 Å². The molecule has 0 spiro atoms. The summed E-state index contributed by atoms with van der Waals surface area (Å²) in [6.45, 7) is 0. The van der Waals surface area contributed by atoms with Crippen LogP contribution in [-0.2, 0) is 0 Å². The van der Waals surface area contributed by atoms with E-state index in [9.17, 15) is 4.79 Å². The van der Waals surface area contributed by atoms with Crippen LogP contribution in [0, 0.1) is 0 Å². The molecule has 0 saturated heterocycles. The lowest BCUT2D eigenvalue weighted by molar-refractivity contribution is 0.112. The van der Waals surface area contributed by atoms with Gasteiger partial charge in [0.25, 0.3) is 0 Å². The molecule has 15 heavy (non-hydrogen) atoms. The van der Waals surface area contributed by atoms with E-state index in [4.69, 9.17) is 16.0 Å². The number of hydrogen-bond donors (Lipinski definition) is 0. The Labute approximate surface area is 100.0 Å². The lowest BCUT2D eigenvalue weighted by atomic mass is 10.1. The highest BCUT2D eigenvalue weighted by atomic mass is 79.9. The minimum Gasteiger partial charge on any atom is -0.463 e. The third-order valence-electron chi connectivity index (χ3n) is 1.99. The van der Waals surface area contributed by atoms with E-state index < -0.39 is 0 Å². The van der Waals surface area contributed by atoms with Crippen molar-refractivity contribution in [1.29, 1.82) is 0 Å². The Balaban J connectivity index is 2.55. The molecular weight excluding hydrogens is 279 g/mol. The quantitative estimate of drug-likeness (QED) is 0.775. The Morgan fingerprint density at radius 2 is 2.13 bits per heavy atom. The molecule has 0 bridgehead atoms. The third kappa shape index (κ3) is 1.98. The second-order valence-electron chi connectivity index (χ2n) is 2.95. The molecule has 0 saturated carbocycles. The van der Waals surface area contributed by atoms with Crippen LogP contribution in [0.5, 0.6) is 0 Å². The molecule has 4 heteroatoms. The molecule has 2 rings (SSSR count). The van der Waals surface area contributed by atoms with E-state index in [0.29, 0.717) is 16.3 Å². The summed E-state index contributed by atoms with van der Waals surface area (Å²) < 4.78 is 6.12. The van der Waals surface area contributed by atoms with Gasteiger partial charge < -0.3 is 4.42 Å². The van der Waals surface area contributed by atoms with Gasteiger partial charge in [0.05, 0.1) is 15.8 Å². The number of aldehydes is 1. The minimum absolute atomic E-state index is 0.496. The fourth-order valence-corrected chi connectivity index (χ4v) is 1.96. The summed E-state index contributed by atoms with van der Waals surface area (Å²) in [5.74, 6) is 0.664. The first-order valence-electron chi connectivity index (χ1n) is 4.20. The molecule has 0 atom stereocenters. The number of furan rings is 1. The highest BCUT2D eigenvalue weighted by Crippen LogP contribution is 2.34. The standard InChI is InChI=1S/C11H6BrClO2/c12-9-3-4-15-11(9)8-2-1-7(6-14)5-10(8)13/h1-6H. The molecular formula is C11H6BrClO2. The van der Waals surface area contributed by atoms with Gasteiger partial charge >= 0.3 is 0 Å². The number of hydrogen-bond acceptors (Lipinski definition) is 2. The van der Waals surface area contributed by atoms with Crippen molar-refractivity contribution in [2.75, 3.05) is 0 Å². The lowest BCUT2D eigenvalue weighted by Crippen LogP contribution is -1.82. The Hall–Kier alpha value is -1.06. The fraction of sp³-hybridized carbons (Fsp3) is 0. The van der Waals surface area contributed by atoms with Crippen LogP contribution >= 0.6 is 27.5 Å². The van der Waals surface area contributed by atoms with Crippen LogP contribution in [0.4, 0.5) is 0 Å². The van der Waals surface area contributed by atoms with Gasteiger partial charge in [-0.15, -0.1) is 0 Å². The van der Waals surface area contributed by atoms with E-state index in [0.717, 1.165) is 16.3 Å². The van der Waals surface area contributed by atoms with Crippen LogP contribution in [0.15, 0.2) is 39.4 Å². The zero-order valence-electron chi connectivity index (χ0n) is 7.54. The molecule has 1 aromatic heterocycles. The number of carbonyl (C=O) groups is 1. The normalized spacial score (nSPS) is 10.3. The predicted octanol–water partition coefficient (Wildman–Crippen LogP) is 4.18. The maximum absolute atomic E-state index is 10.5. The first-order chi connectivity index (χ1) is 7.22. The number of benzene rings is 1. The Bertz CT molecular complexity index is 505. The first kappa shape index (κ1) is 10.5. The maximum atomic E-state index is 10.5. The van der Waals surface area contributed by atoms with Gasteiger partial charge in [-0.3, -0.25) is 4.79 Å². The summed E-state index contributed by atoms with van der Waals surface area (Å²) in [4.78, 5) is 10.5. The average Bonchev–Trinajstić information content (AvgIpc) is 2.64. The smallest absolute Gasteiger partial charge is 0.150 e. The predicted molar refractivity (Wildman–Crippen MR) is 62.2 cm³/mol. The van der Waals surface area contributed by atoms with Crippen molar-refractivity contribution < 1.29 is 9.21 Å². The molecule has 0 aliphatic rings. The van der Waals surface area contributed by atoms with Crippen molar-refractivity contribution in [1.82, 2.24) is 0 Å². The minimum atomic E-state index is 0.496. The first-order valence-corrected chi connectivity index (χ1v) is 5.37. The fourth-order valence-electron chi connectivity index (χ4n) is 1.27. The number of carbonyl (C=O) groups excluding carboxylic acids is 1. The summed E-state index contributed by atoms with van der Waals surface area (Å²) >= 11 is 9.38. The monoisotopic (exact) mass is 284 g/mol. The highest BCUT2D eigenvalue weighted by Gasteiger charge is 2.10. The summed E-state index contributed by atoms with van der Waals surface area (Å²) in [6.07, 6.45) is 2.33. The van der Waals surface area contributed by atoms with Crippen molar-refractivity contribution in [3.8, 4) is 11.3 Å². The lowest BCUT2D eigenvalue weighted by Gasteiger charge is -2.02. The van der Waals surface area contributed by atoms with Crippen molar-refractivity contribution in [3.63, 3.8) is 0 Å². The van der Waals surface area contributed by atoms with Gasteiger partial charge in [0.15, 0.2) is 0 Å². The van der Waals surface area contributed by atoms with Gasteiger partial charge in [-0.2, -0.15) is 0 Å². The molecule has 0 fully saturated rings. The zero-order chi connectivity index (χ0) is 10.8. The molecule has 0 radical (unpaired) electrons. The van der Waals surface area contributed by atoms with Crippen LogP contribution in [0.3, 0.4) is 0 Å². The molecule has 2 nitrogen and oxygen atoms in total. The van der Waals surface area contributed by atoms with Crippen molar-refractivity contribution in [3.05, 3.63) is 45.6 Å². The second-order valence-corrected chi connectivity index (χ2v) is 4.22. The largest absolute Gasteiger partial charge is 0.463 e. The Morgan fingerprint density at radius 3 is 2.67 bits per heavy atom. The number of halogens is 2. The molecule has 76 valence electrons. The van der Waals surface area contributed by atoms with Crippen molar-refractivity contribution >= 4 is 33.8 Å². The second kappa shape index (κ2) is 4.21. The van der Waals surface area contributed by atoms with E-state index >= 15 is 0 Å². The van der Waals surface area contributed by atoms with E-state index in [1.54, 1.807) is 30.5 Å². The molecule has 0 amide bonds. The van der Waals surface area contributed by atoms with Gasteiger partial charge in [0, 0.05) is 11.1 Å². The molecule has 1 aromatic carbocycles.